The van der Waals surface area contributed by atoms with Crippen LogP contribution in [-0.2, 0) is 0 Å². The molecule has 0 aliphatic rings. The molecule has 0 atom stereocenters. The van der Waals surface area contributed by atoms with E-state index in [9.17, 15) is 0 Å². The summed E-state index contributed by atoms with van der Waals surface area (Å²) in [5.74, 6) is 4.64. The molecule has 5 nitrogen and oxygen atoms in total. The molecule has 0 fully saturated rings. The van der Waals surface area contributed by atoms with E-state index in [2.05, 4.69) is 21.7 Å². The second-order valence-corrected chi connectivity index (χ2v) is 1.23. The van der Waals surface area contributed by atoms with Crippen LogP contribution in [0.4, 0.5) is 0 Å². The lowest BCUT2D eigenvalue weighted by atomic mass is 10.6. The maximum Gasteiger partial charge on any atom is 0.0402 e. The highest BCUT2D eigenvalue weighted by Gasteiger charge is 1.69. The monoisotopic (exact) mass is 115 g/mol. The van der Waals surface area contributed by atoms with E-state index in [0.717, 1.165) is 0 Å². The van der Waals surface area contributed by atoms with Crippen LogP contribution in [0.5, 0.6) is 0 Å². The Morgan fingerprint density at radius 2 is 2.38 bits per heavy atom. The zero-order valence-electron chi connectivity index (χ0n) is 4.63. The highest BCUT2D eigenvalue weighted by atomic mass is 15.5. The minimum Gasteiger partial charge on any atom is -0.401 e. The fraction of sp³-hybridized carbons (Fsp3) is 0.333. The molecule has 0 spiro atoms. The molecule has 0 unspecified atom stereocenters. The molecule has 0 rings (SSSR count). The van der Waals surface area contributed by atoms with Crippen molar-refractivity contribution in [3.63, 3.8) is 0 Å². The summed E-state index contributed by atoms with van der Waals surface area (Å²) >= 11 is 0. The predicted octanol–water partition coefficient (Wildman–Crippen LogP) is -0.363. The van der Waals surface area contributed by atoms with Gasteiger partial charge in [-0.15, -0.1) is 0 Å². The Bertz CT molecular complexity index is 100. The van der Waals surface area contributed by atoms with Crippen molar-refractivity contribution in [3.05, 3.63) is 11.9 Å². The van der Waals surface area contributed by atoms with Crippen LogP contribution < -0.4 is 17.0 Å². The first-order valence-corrected chi connectivity index (χ1v) is 2.05. The second kappa shape index (κ2) is 3.91. The lowest BCUT2D eigenvalue weighted by Crippen LogP contribution is -2.00. The molecule has 0 saturated carbocycles. The molecule has 8 heavy (non-hydrogen) atoms. The standard InChI is InChI=1S/C3H9N5/c1-3(4)2-6-8-7-5/h2H,4H2,1H3,(H2,5,8)(H,6,7). The topological polar surface area (TPSA) is 88.8 Å². The number of hydrogen-bond acceptors (Lipinski definition) is 3. The smallest absolute Gasteiger partial charge is 0.0402 e. The van der Waals surface area contributed by atoms with E-state index in [-0.39, 0.29) is 0 Å². The third-order valence-electron chi connectivity index (χ3n) is 0.408. The number of hydrogen-bond donors (Lipinski definition) is 3. The van der Waals surface area contributed by atoms with Gasteiger partial charge in [-0.1, -0.05) is 10.4 Å². The normalized spacial score (nSPS) is 12.4. The van der Waals surface area contributed by atoms with Crippen molar-refractivity contribution >= 4 is 0 Å². The Labute approximate surface area is 47.4 Å². The van der Waals surface area contributed by atoms with Gasteiger partial charge in [-0.25, -0.2) is 0 Å². The van der Waals surface area contributed by atoms with Gasteiger partial charge in [0.15, 0.2) is 0 Å². The van der Waals surface area contributed by atoms with Crippen molar-refractivity contribution in [1.82, 2.24) is 5.43 Å². The fourth-order valence-corrected chi connectivity index (χ4v) is 0.164. The van der Waals surface area contributed by atoms with Crippen LogP contribution in [0.1, 0.15) is 6.92 Å². The first-order valence-electron chi connectivity index (χ1n) is 2.05. The van der Waals surface area contributed by atoms with Crippen LogP contribution >= 0.6 is 0 Å². The Kier molecular flexibility index (Phi) is 3.30. The van der Waals surface area contributed by atoms with Gasteiger partial charge >= 0.3 is 0 Å². The average molecular weight is 115 g/mol. The molecule has 0 aromatic heterocycles. The Hall–Kier alpha value is -1.26. The summed E-state index contributed by atoms with van der Waals surface area (Å²) in [6.07, 6.45) is 1.48. The van der Waals surface area contributed by atoms with Crippen LogP contribution in [0.25, 0.3) is 0 Å². The predicted molar refractivity (Wildman–Crippen MR) is 30.1 cm³/mol. The van der Waals surface area contributed by atoms with Crippen LogP contribution in [-0.4, -0.2) is 0 Å². The molecule has 0 heterocycles. The third kappa shape index (κ3) is 4.74. The first kappa shape index (κ1) is 6.74. The van der Waals surface area contributed by atoms with Crippen molar-refractivity contribution in [2.45, 2.75) is 6.92 Å². The molecule has 0 radical (unpaired) electrons. The zero-order valence-corrected chi connectivity index (χ0v) is 4.63. The van der Waals surface area contributed by atoms with Gasteiger partial charge in [-0.2, -0.15) is 0 Å². The molecular formula is C3H9N5. The van der Waals surface area contributed by atoms with E-state index < -0.39 is 0 Å². The summed E-state index contributed by atoms with van der Waals surface area (Å²) in [5, 5.41) is 6.13. The highest BCUT2D eigenvalue weighted by molar-refractivity contribution is 4.87. The SMILES string of the molecule is CC(N)=CN/N=N\N. The van der Waals surface area contributed by atoms with Gasteiger partial charge in [0.25, 0.3) is 0 Å². The second-order valence-electron chi connectivity index (χ2n) is 1.23. The number of allylic oxidation sites excluding steroid dienone is 1. The van der Waals surface area contributed by atoms with Gasteiger partial charge in [0.1, 0.15) is 0 Å². The summed E-state index contributed by atoms with van der Waals surface area (Å²) < 4.78 is 0. The third-order valence-corrected chi connectivity index (χ3v) is 0.408. The quantitative estimate of drug-likeness (QED) is 0.261. The summed E-state index contributed by atoms with van der Waals surface area (Å²) in [7, 11) is 0. The van der Waals surface area contributed by atoms with Crippen molar-refractivity contribution < 1.29 is 0 Å². The van der Waals surface area contributed by atoms with Gasteiger partial charge in [-0.05, 0) is 6.92 Å². The average Bonchev–Trinajstić information content (AvgIpc) is 1.66. The van der Waals surface area contributed by atoms with Crippen molar-refractivity contribution in [3.8, 4) is 0 Å². The number of nitrogens with two attached hydrogens (primary N) is 2. The highest BCUT2D eigenvalue weighted by Crippen LogP contribution is 1.72. The van der Waals surface area contributed by atoms with Crippen LogP contribution in [0, 0.1) is 0 Å². The minimum atomic E-state index is 0.623. The van der Waals surface area contributed by atoms with Crippen LogP contribution in [0.3, 0.4) is 0 Å². The fourth-order valence-electron chi connectivity index (χ4n) is 0.164. The van der Waals surface area contributed by atoms with Gasteiger partial charge in [0.05, 0.1) is 0 Å². The maximum atomic E-state index is 5.19. The van der Waals surface area contributed by atoms with E-state index in [1.807, 2.05) is 0 Å². The minimum absolute atomic E-state index is 0.623. The molecule has 5 N–H and O–H groups in total. The van der Waals surface area contributed by atoms with Gasteiger partial charge in [-0.3, -0.25) is 5.43 Å². The lowest BCUT2D eigenvalue weighted by molar-refractivity contribution is 0.815. The zero-order chi connectivity index (χ0) is 6.41. The summed E-state index contributed by atoms with van der Waals surface area (Å²) in [4.78, 5) is 0. The maximum absolute atomic E-state index is 5.19. The lowest BCUT2D eigenvalue weighted by Gasteiger charge is -1.86. The molecule has 0 aliphatic carbocycles. The van der Waals surface area contributed by atoms with Crippen molar-refractivity contribution in [2.24, 2.45) is 22.0 Å². The van der Waals surface area contributed by atoms with Crippen molar-refractivity contribution in [2.75, 3.05) is 0 Å². The Morgan fingerprint density at radius 1 is 1.75 bits per heavy atom. The van der Waals surface area contributed by atoms with E-state index in [4.69, 9.17) is 5.73 Å². The largest absolute Gasteiger partial charge is 0.401 e. The molecular weight excluding hydrogens is 106 g/mol. The molecule has 0 bridgehead atoms. The number of nitrogens with one attached hydrogen (secondary N) is 1. The number of nitrogens with zero attached hydrogens (tertiary/aromatic N) is 2. The summed E-state index contributed by atoms with van der Waals surface area (Å²) in [6.45, 7) is 1.72. The molecule has 46 valence electrons. The molecule has 0 aliphatic heterocycles. The number of rotatable bonds is 2. The van der Waals surface area contributed by atoms with Crippen LogP contribution in [0.15, 0.2) is 22.3 Å². The van der Waals surface area contributed by atoms with Gasteiger partial charge in [0.2, 0.25) is 0 Å². The molecule has 0 saturated heterocycles. The van der Waals surface area contributed by atoms with E-state index in [1.165, 1.54) is 6.20 Å². The van der Waals surface area contributed by atoms with E-state index in [0.29, 0.717) is 5.70 Å². The Morgan fingerprint density at radius 3 is 2.75 bits per heavy atom. The molecule has 0 amide bonds. The van der Waals surface area contributed by atoms with Crippen LogP contribution in [0.2, 0.25) is 0 Å². The first-order chi connectivity index (χ1) is 3.77. The van der Waals surface area contributed by atoms with E-state index in [1.54, 1.807) is 6.92 Å². The molecule has 0 aromatic carbocycles. The van der Waals surface area contributed by atoms with Crippen molar-refractivity contribution in [1.29, 1.82) is 0 Å². The van der Waals surface area contributed by atoms with Gasteiger partial charge < -0.3 is 11.6 Å². The molecule has 5 heteroatoms. The Balaban J connectivity index is 3.30. The molecule has 0 aromatic rings. The van der Waals surface area contributed by atoms with Gasteiger partial charge in [0, 0.05) is 11.9 Å². The van der Waals surface area contributed by atoms with E-state index >= 15 is 0 Å². The summed E-state index contributed by atoms with van der Waals surface area (Å²) in [5.41, 5.74) is 8.19. The summed E-state index contributed by atoms with van der Waals surface area (Å²) in [6, 6.07) is 0.